The molecule has 0 bridgehead atoms. The first-order valence-corrected chi connectivity index (χ1v) is 7.86. The van der Waals surface area contributed by atoms with Gasteiger partial charge in [0.25, 0.3) is 0 Å². The summed E-state index contributed by atoms with van der Waals surface area (Å²) in [5.41, 5.74) is 4.94. The van der Waals surface area contributed by atoms with Crippen LogP contribution in [0.4, 0.5) is 5.82 Å². The molecule has 116 valence electrons. The number of hydrogen-bond acceptors (Lipinski definition) is 4. The highest BCUT2D eigenvalue weighted by atomic mass is 16.5. The predicted octanol–water partition coefficient (Wildman–Crippen LogP) is 3.53. The van der Waals surface area contributed by atoms with Crippen molar-refractivity contribution in [2.24, 2.45) is 0 Å². The normalized spacial score (nSPS) is 16.3. The Morgan fingerprint density at radius 3 is 2.78 bits per heavy atom. The molecule has 1 aromatic heterocycles. The fourth-order valence-corrected chi connectivity index (χ4v) is 3.30. The quantitative estimate of drug-likeness (QED) is 0.804. The van der Waals surface area contributed by atoms with Crippen LogP contribution in [0.3, 0.4) is 0 Å². The topological polar surface area (TPSA) is 47.0 Å². The third-order valence-electron chi connectivity index (χ3n) is 4.48. The van der Waals surface area contributed by atoms with Crippen LogP contribution < -0.4 is 10.1 Å². The van der Waals surface area contributed by atoms with Crippen molar-refractivity contribution in [3.63, 3.8) is 0 Å². The molecule has 0 saturated heterocycles. The molecule has 0 saturated carbocycles. The van der Waals surface area contributed by atoms with Gasteiger partial charge in [-0.1, -0.05) is 17.7 Å². The third kappa shape index (κ3) is 2.61. The second kappa shape index (κ2) is 5.54. The largest absolute Gasteiger partial charge is 0.497 e. The molecular weight excluding hydrogens is 286 g/mol. The van der Waals surface area contributed by atoms with Crippen molar-refractivity contribution in [1.29, 1.82) is 0 Å². The second-order valence-corrected chi connectivity index (χ2v) is 6.13. The Morgan fingerprint density at radius 2 is 1.91 bits per heavy atom. The van der Waals surface area contributed by atoms with Crippen LogP contribution >= 0.6 is 0 Å². The summed E-state index contributed by atoms with van der Waals surface area (Å²) in [4.78, 5) is 8.81. The Kier molecular flexibility index (Phi) is 3.37. The van der Waals surface area contributed by atoms with Gasteiger partial charge in [-0.05, 0) is 55.2 Å². The van der Waals surface area contributed by atoms with Crippen molar-refractivity contribution in [3.8, 4) is 5.75 Å². The van der Waals surface area contributed by atoms with Crippen LogP contribution in [-0.2, 0) is 12.8 Å². The van der Waals surface area contributed by atoms with E-state index < -0.39 is 0 Å². The molecule has 4 heteroatoms. The minimum Gasteiger partial charge on any atom is -0.497 e. The molecule has 3 aromatic rings. The average molecular weight is 305 g/mol. The Bertz CT molecular complexity index is 876. The smallest absolute Gasteiger partial charge is 0.137 e. The minimum atomic E-state index is 0.357. The molecule has 23 heavy (non-hydrogen) atoms. The van der Waals surface area contributed by atoms with Crippen LogP contribution in [-0.4, -0.2) is 23.1 Å². The number of ether oxygens (including phenoxy) is 1. The Labute approximate surface area is 135 Å². The fraction of sp³-hybridized carbons (Fsp3) is 0.263. The van der Waals surface area contributed by atoms with E-state index in [4.69, 9.17) is 4.74 Å². The van der Waals surface area contributed by atoms with Crippen LogP contribution in [0.5, 0.6) is 5.75 Å². The number of anilines is 1. The summed E-state index contributed by atoms with van der Waals surface area (Å²) in [5.74, 6) is 1.84. The van der Waals surface area contributed by atoms with Gasteiger partial charge in [-0.25, -0.2) is 9.97 Å². The Morgan fingerprint density at radius 1 is 1.04 bits per heavy atom. The van der Waals surface area contributed by atoms with Gasteiger partial charge in [-0.2, -0.15) is 0 Å². The molecule has 4 nitrogen and oxygen atoms in total. The number of aromatic nitrogens is 2. The molecular formula is C19H19N3O. The number of benzene rings is 2. The Balaban J connectivity index is 1.61. The lowest BCUT2D eigenvalue weighted by Gasteiger charge is -2.14. The molecule has 1 atom stereocenters. The van der Waals surface area contributed by atoms with Crippen molar-refractivity contribution < 1.29 is 4.74 Å². The SMILES string of the molecule is COc1ccc2c(c1)CC(Nc1ncnc3ccc(C)cc13)C2. The molecule has 0 spiro atoms. The molecule has 0 aliphatic heterocycles. The molecule has 0 fully saturated rings. The third-order valence-corrected chi connectivity index (χ3v) is 4.48. The number of rotatable bonds is 3. The maximum atomic E-state index is 5.32. The summed E-state index contributed by atoms with van der Waals surface area (Å²) in [6.07, 6.45) is 3.63. The molecule has 1 N–H and O–H groups in total. The van der Waals surface area contributed by atoms with Gasteiger partial charge in [0.05, 0.1) is 12.6 Å². The van der Waals surface area contributed by atoms with Gasteiger partial charge in [0.2, 0.25) is 0 Å². The van der Waals surface area contributed by atoms with Gasteiger partial charge >= 0.3 is 0 Å². The first kappa shape index (κ1) is 14.0. The maximum Gasteiger partial charge on any atom is 0.137 e. The lowest BCUT2D eigenvalue weighted by molar-refractivity contribution is 0.414. The molecule has 1 unspecified atom stereocenters. The van der Waals surface area contributed by atoms with Crippen molar-refractivity contribution in [2.45, 2.75) is 25.8 Å². The zero-order valence-electron chi connectivity index (χ0n) is 13.3. The van der Waals surface area contributed by atoms with Crippen LogP contribution in [0.1, 0.15) is 16.7 Å². The average Bonchev–Trinajstić information content (AvgIpc) is 2.96. The van der Waals surface area contributed by atoms with Gasteiger partial charge in [0.15, 0.2) is 0 Å². The Hall–Kier alpha value is -2.62. The first-order valence-electron chi connectivity index (χ1n) is 7.86. The molecule has 1 aliphatic rings. The van der Waals surface area contributed by atoms with Gasteiger partial charge < -0.3 is 10.1 Å². The number of nitrogens with zero attached hydrogens (tertiary/aromatic N) is 2. The van der Waals surface area contributed by atoms with Crippen molar-refractivity contribution in [3.05, 3.63) is 59.4 Å². The highest BCUT2D eigenvalue weighted by Crippen LogP contribution is 2.29. The second-order valence-electron chi connectivity index (χ2n) is 6.13. The molecule has 0 radical (unpaired) electrons. The molecule has 1 aliphatic carbocycles. The highest BCUT2D eigenvalue weighted by Gasteiger charge is 2.22. The summed E-state index contributed by atoms with van der Waals surface area (Å²) in [7, 11) is 1.71. The molecule has 4 rings (SSSR count). The van der Waals surface area contributed by atoms with Crippen molar-refractivity contribution >= 4 is 16.7 Å². The zero-order valence-corrected chi connectivity index (χ0v) is 13.3. The highest BCUT2D eigenvalue weighted by molar-refractivity contribution is 5.89. The summed E-state index contributed by atoms with van der Waals surface area (Å²) in [5, 5.41) is 4.69. The fourth-order valence-electron chi connectivity index (χ4n) is 3.30. The van der Waals surface area contributed by atoms with E-state index in [0.717, 1.165) is 35.3 Å². The van der Waals surface area contributed by atoms with Gasteiger partial charge in [0.1, 0.15) is 17.9 Å². The lowest BCUT2D eigenvalue weighted by atomic mass is 10.1. The summed E-state index contributed by atoms with van der Waals surface area (Å²) in [6.45, 7) is 2.09. The van der Waals surface area contributed by atoms with E-state index in [2.05, 4.69) is 46.5 Å². The van der Waals surface area contributed by atoms with Gasteiger partial charge in [0, 0.05) is 11.4 Å². The molecule has 0 amide bonds. The minimum absolute atomic E-state index is 0.357. The number of fused-ring (bicyclic) bond motifs is 2. The van der Waals surface area contributed by atoms with E-state index in [0.29, 0.717) is 6.04 Å². The van der Waals surface area contributed by atoms with E-state index in [1.165, 1.54) is 16.7 Å². The first-order chi connectivity index (χ1) is 11.2. The van der Waals surface area contributed by atoms with E-state index in [-0.39, 0.29) is 0 Å². The predicted molar refractivity (Wildman–Crippen MR) is 92.1 cm³/mol. The monoisotopic (exact) mass is 305 g/mol. The maximum absolute atomic E-state index is 5.32. The summed E-state index contributed by atoms with van der Waals surface area (Å²) in [6, 6.07) is 13.0. The van der Waals surface area contributed by atoms with E-state index in [9.17, 15) is 0 Å². The number of methoxy groups -OCH3 is 1. The van der Waals surface area contributed by atoms with Gasteiger partial charge in [-0.15, -0.1) is 0 Å². The van der Waals surface area contributed by atoms with E-state index in [1.807, 2.05) is 12.1 Å². The lowest BCUT2D eigenvalue weighted by Crippen LogP contribution is -2.20. The van der Waals surface area contributed by atoms with E-state index >= 15 is 0 Å². The zero-order chi connectivity index (χ0) is 15.8. The van der Waals surface area contributed by atoms with Crippen LogP contribution in [0, 0.1) is 6.92 Å². The van der Waals surface area contributed by atoms with Crippen LogP contribution in [0.2, 0.25) is 0 Å². The number of aryl methyl sites for hydroxylation is 1. The number of hydrogen-bond donors (Lipinski definition) is 1. The number of nitrogens with one attached hydrogen (secondary N) is 1. The van der Waals surface area contributed by atoms with Crippen LogP contribution in [0.25, 0.3) is 10.9 Å². The molecule has 2 aromatic carbocycles. The molecule has 1 heterocycles. The van der Waals surface area contributed by atoms with Crippen molar-refractivity contribution in [1.82, 2.24) is 9.97 Å². The standard InChI is InChI=1S/C19H19N3O/c1-12-3-6-18-17(7-12)19(21-11-20-18)22-15-8-13-4-5-16(23-2)10-14(13)9-15/h3-7,10-11,15H,8-9H2,1-2H3,(H,20,21,22). The summed E-state index contributed by atoms with van der Waals surface area (Å²) < 4.78 is 5.32. The van der Waals surface area contributed by atoms with E-state index in [1.54, 1.807) is 13.4 Å². The van der Waals surface area contributed by atoms with Crippen LogP contribution in [0.15, 0.2) is 42.7 Å². The van der Waals surface area contributed by atoms with Gasteiger partial charge in [-0.3, -0.25) is 0 Å². The van der Waals surface area contributed by atoms with Crippen molar-refractivity contribution in [2.75, 3.05) is 12.4 Å². The summed E-state index contributed by atoms with van der Waals surface area (Å²) >= 11 is 0.